The normalized spacial score (nSPS) is 11.7. The molecule has 0 aliphatic rings. The lowest BCUT2D eigenvalue weighted by Crippen LogP contribution is -2.29. The minimum atomic E-state index is -0.497. The predicted octanol–water partition coefficient (Wildman–Crippen LogP) is 6.30. The van der Waals surface area contributed by atoms with Gasteiger partial charge < -0.3 is 15.2 Å². The quantitative estimate of drug-likeness (QED) is 0.237. The molecular weight excluding hydrogens is 540 g/mol. The van der Waals surface area contributed by atoms with Crippen LogP contribution in [0.1, 0.15) is 29.1 Å². The first-order valence-corrected chi connectivity index (χ1v) is 12.4. The highest BCUT2D eigenvalue weighted by atomic mass is 35.5. The molecule has 0 spiro atoms. The Bertz CT molecular complexity index is 1230. The SMILES string of the molecule is C=CCn1c(SCC(=O)Nc2ccc(Cl)cc2Cl)nnc1C(C)NC(=O)c1ccc(Cl)cc1Cl. The highest BCUT2D eigenvalue weighted by Crippen LogP contribution is 2.27. The summed E-state index contributed by atoms with van der Waals surface area (Å²) < 4.78 is 1.77. The summed E-state index contributed by atoms with van der Waals surface area (Å²) in [6.07, 6.45) is 1.68. The Balaban J connectivity index is 1.68. The fourth-order valence-electron chi connectivity index (χ4n) is 2.95. The van der Waals surface area contributed by atoms with Gasteiger partial charge in [-0.05, 0) is 43.3 Å². The first-order valence-electron chi connectivity index (χ1n) is 9.87. The third kappa shape index (κ3) is 6.67. The summed E-state index contributed by atoms with van der Waals surface area (Å²) in [4.78, 5) is 25.1. The van der Waals surface area contributed by atoms with E-state index in [1.807, 2.05) is 0 Å². The van der Waals surface area contributed by atoms with Gasteiger partial charge in [-0.25, -0.2) is 0 Å². The van der Waals surface area contributed by atoms with E-state index in [0.29, 0.717) is 43.8 Å². The van der Waals surface area contributed by atoms with Crippen LogP contribution in [0.25, 0.3) is 0 Å². The van der Waals surface area contributed by atoms with Gasteiger partial charge >= 0.3 is 0 Å². The van der Waals surface area contributed by atoms with E-state index in [9.17, 15) is 9.59 Å². The maximum Gasteiger partial charge on any atom is 0.253 e. The van der Waals surface area contributed by atoms with Gasteiger partial charge in [-0.3, -0.25) is 9.59 Å². The number of amides is 2. The Labute approximate surface area is 220 Å². The summed E-state index contributed by atoms with van der Waals surface area (Å²) in [6.45, 7) is 5.92. The lowest BCUT2D eigenvalue weighted by molar-refractivity contribution is -0.113. The standard InChI is InChI=1S/C22H19Cl4N5O2S/c1-3-8-31-20(12(2)27-21(33)15-6-4-13(23)9-16(15)25)29-30-22(31)34-11-19(32)28-18-7-5-14(24)10-17(18)26/h3-7,9-10,12H,1,8,11H2,2H3,(H,27,33)(H,28,32). The van der Waals surface area contributed by atoms with Gasteiger partial charge in [0.15, 0.2) is 11.0 Å². The zero-order chi connectivity index (χ0) is 24.8. The third-order valence-electron chi connectivity index (χ3n) is 4.51. The number of benzene rings is 2. The van der Waals surface area contributed by atoms with E-state index >= 15 is 0 Å². The topological polar surface area (TPSA) is 88.9 Å². The molecule has 3 rings (SSSR count). The number of rotatable bonds is 9. The monoisotopic (exact) mass is 557 g/mol. The molecule has 0 saturated heterocycles. The van der Waals surface area contributed by atoms with Crippen LogP contribution >= 0.6 is 58.2 Å². The fourth-order valence-corrected chi connectivity index (χ4v) is 4.65. The molecule has 0 radical (unpaired) electrons. The molecule has 7 nitrogen and oxygen atoms in total. The number of nitrogens with one attached hydrogen (secondary N) is 2. The summed E-state index contributed by atoms with van der Waals surface area (Å²) in [7, 11) is 0. The van der Waals surface area contributed by atoms with E-state index in [0.717, 1.165) is 0 Å². The molecule has 178 valence electrons. The van der Waals surface area contributed by atoms with Crippen LogP contribution in [0.2, 0.25) is 20.1 Å². The van der Waals surface area contributed by atoms with Gasteiger partial charge in [0.1, 0.15) is 0 Å². The zero-order valence-corrected chi connectivity index (χ0v) is 21.7. The molecule has 0 aliphatic carbocycles. The minimum Gasteiger partial charge on any atom is -0.342 e. The molecule has 1 heterocycles. The molecule has 3 aromatic rings. The molecule has 12 heteroatoms. The van der Waals surface area contributed by atoms with Crippen LogP contribution < -0.4 is 10.6 Å². The molecular formula is C22H19Cl4N5O2S. The maximum absolute atomic E-state index is 12.7. The Hall–Kier alpha value is -2.23. The zero-order valence-electron chi connectivity index (χ0n) is 17.8. The summed E-state index contributed by atoms with van der Waals surface area (Å²) in [5, 5.41) is 16.0. The van der Waals surface area contributed by atoms with E-state index in [-0.39, 0.29) is 22.6 Å². The molecule has 0 aliphatic heterocycles. The van der Waals surface area contributed by atoms with E-state index in [1.165, 1.54) is 17.8 Å². The second-order valence-electron chi connectivity index (χ2n) is 7.02. The first-order chi connectivity index (χ1) is 16.2. The van der Waals surface area contributed by atoms with Gasteiger partial charge in [0.2, 0.25) is 5.91 Å². The summed E-state index contributed by atoms with van der Waals surface area (Å²) in [5.74, 6) is -0.0876. The molecule has 34 heavy (non-hydrogen) atoms. The van der Waals surface area contributed by atoms with Crippen LogP contribution in [0.5, 0.6) is 0 Å². The van der Waals surface area contributed by atoms with Crippen molar-refractivity contribution in [1.82, 2.24) is 20.1 Å². The van der Waals surface area contributed by atoms with Gasteiger partial charge in [-0.15, -0.1) is 16.8 Å². The smallest absolute Gasteiger partial charge is 0.253 e. The van der Waals surface area contributed by atoms with Crippen LogP contribution in [0.3, 0.4) is 0 Å². The molecule has 1 unspecified atom stereocenters. The van der Waals surface area contributed by atoms with Crippen molar-refractivity contribution in [3.8, 4) is 0 Å². The fraction of sp³-hybridized carbons (Fsp3) is 0.182. The molecule has 2 amide bonds. The molecule has 0 bridgehead atoms. The van der Waals surface area contributed by atoms with Gasteiger partial charge in [0.05, 0.1) is 33.1 Å². The average molecular weight is 559 g/mol. The van der Waals surface area contributed by atoms with Crippen LogP contribution in [-0.2, 0) is 11.3 Å². The molecule has 2 aromatic carbocycles. The minimum absolute atomic E-state index is 0.0648. The Morgan fingerprint density at radius 2 is 1.76 bits per heavy atom. The lowest BCUT2D eigenvalue weighted by atomic mass is 10.2. The summed E-state index contributed by atoms with van der Waals surface area (Å²) in [5.41, 5.74) is 0.752. The largest absolute Gasteiger partial charge is 0.342 e. The highest BCUT2D eigenvalue weighted by Gasteiger charge is 2.21. The lowest BCUT2D eigenvalue weighted by Gasteiger charge is -2.16. The van der Waals surface area contributed by atoms with E-state index in [1.54, 1.807) is 47.9 Å². The van der Waals surface area contributed by atoms with Gasteiger partial charge in [-0.2, -0.15) is 0 Å². The van der Waals surface area contributed by atoms with Crippen molar-refractivity contribution in [1.29, 1.82) is 0 Å². The van der Waals surface area contributed by atoms with Crippen LogP contribution in [0, 0.1) is 0 Å². The number of thioether (sulfide) groups is 1. The van der Waals surface area contributed by atoms with E-state index in [4.69, 9.17) is 46.4 Å². The van der Waals surface area contributed by atoms with Crippen molar-refractivity contribution in [3.05, 3.63) is 80.5 Å². The van der Waals surface area contributed by atoms with Crippen molar-refractivity contribution in [2.45, 2.75) is 24.7 Å². The number of nitrogens with zero attached hydrogens (tertiary/aromatic N) is 3. The predicted molar refractivity (Wildman–Crippen MR) is 138 cm³/mol. The number of hydrogen-bond acceptors (Lipinski definition) is 5. The third-order valence-corrected chi connectivity index (χ3v) is 6.57. The maximum atomic E-state index is 12.7. The van der Waals surface area contributed by atoms with Crippen molar-refractivity contribution in [3.63, 3.8) is 0 Å². The van der Waals surface area contributed by atoms with Crippen LogP contribution in [-0.4, -0.2) is 32.3 Å². The number of halogens is 4. The Kier molecular flexibility index (Phi) is 9.27. The Morgan fingerprint density at radius 1 is 1.09 bits per heavy atom. The number of hydrogen-bond donors (Lipinski definition) is 2. The summed E-state index contributed by atoms with van der Waals surface area (Å²) >= 11 is 25.2. The number of allylic oxidation sites excluding steroid dienone is 1. The second-order valence-corrected chi connectivity index (χ2v) is 9.65. The number of carbonyl (C=O) groups excluding carboxylic acids is 2. The highest BCUT2D eigenvalue weighted by molar-refractivity contribution is 7.99. The number of aromatic nitrogens is 3. The van der Waals surface area contributed by atoms with Gasteiger partial charge in [0, 0.05) is 16.6 Å². The first kappa shape index (κ1) is 26.4. The van der Waals surface area contributed by atoms with E-state index < -0.39 is 6.04 Å². The molecule has 0 saturated carbocycles. The van der Waals surface area contributed by atoms with Crippen molar-refractivity contribution < 1.29 is 9.59 Å². The second kappa shape index (κ2) is 12.0. The number of anilines is 1. The Morgan fingerprint density at radius 3 is 2.41 bits per heavy atom. The number of carbonyl (C=O) groups is 2. The van der Waals surface area contributed by atoms with Crippen LogP contribution in [0.15, 0.2) is 54.2 Å². The average Bonchev–Trinajstić information content (AvgIpc) is 3.17. The van der Waals surface area contributed by atoms with Crippen LogP contribution in [0.4, 0.5) is 5.69 Å². The van der Waals surface area contributed by atoms with Crippen molar-refractivity contribution >= 4 is 75.7 Å². The molecule has 0 fully saturated rings. The molecule has 1 atom stereocenters. The van der Waals surface area contributed by atoms with Crippen molar-refractivity contribution in [2.75, 3.05) is 11.1 Å². The van der Waals surface area contributed by atoms with Crippen molar-refractivity contribution in [2.24, 2.45) is 0 Å². The summed E-state index contributed by atoms with van der Waals surface area (Å²) in [6, 6.07) is 8.95. The molecule has 1 aromatic heterocycles. The molecule has 2 N–H and O–H groups in total. The van der Waals surface area contributed by atoms with E-state index in [2.05, 4.69) is 27.4 Å². The van der Waals surface area contributed by atoms with Gasteiger partial charge in [0.25, 0.3) is 5.91 Å². The van der Waals surface area contributed by atoms with Gasteiger partial charge in [-0.1, -0.05) is 64.2 Å².